The summed E-state index contributed by atoms with van der Waals surface area (Å²) in [6.07, 6.45) is -3.14. The maximum absolute atomic E-state index is 12.4. The van der Waals surface area contributed by atoms with Crippen molar-refractivity contribution in [1.82, 2.24) is 16.0 Å². The lowest BCUT2D eigenvalue weighted by Crippen LogP contribution is -2.60. The van der Waals surface area contributed by atoms with E-state index in [-0.39, 0.29) is 0 Å². The molecule has 5 unspecified atom stereocenters. The fraction of sp³-hybridized carbons (Fsp3) is 0.625. The largest absolute Gasteiger partial charge is 0.481 e. The minimum atomic E-state index is -1.64. The quantitative estimate of drug-likeness (QED) is 0.140. The molecule has 0 heterocycles. The van der Waals surface area contributed by atoms with E-state index in [2.05, 4.69) is 10.6 Å². The highest BCUT2D eigenvalue weighted by Crippen LogP contribution is 2.03. The summed E-state index contributed by atoms with van der Waals surface area (Å²) in [4.78, 5) is 69.6. The molecule has 0 spiro atoms. The maximum atomic E-state index is 12.4. The van der Waals surface area contributed by atoms with Crippen molar-refractivity contribution in [2.45, 2.75) is 63.4 Å². The predicted octanol–water partition coefficient (Wildman–Crippen LogP) is -4.01. The summed E-state index contributed by atoms with van der Waals surface area (Å²) in [7, 11) is 0. The highest BCUT2D eigenvalue weighted by molar-refractivity contribution is 5.96. The van der Waals surface area contributed by atoms with Crippen LogP contribution in [0, 0.1) is 0 Å². The minimum Gasteiger partial charge on any atom is -0.481 e. The van der Waals surface area contributed by atoms with Crippen molar-refractivity contribution >= 4 is 35.6 Å². The normalized spacial score (nSPS) is 15.6. The molecule has 10 N–H and O–H groups in total. The Balaban J connectivity index is 5.40. The van der Waals surface area contributed by atoms with Gasteiger partial charge in [0.25, 0.3) is 0 Å². The number of hydrogen-bond donors (Lipinski definition) is 8. The smallest absolute Gasteiger partial charge is 0.326 e. The molecule has 0 saturated heterocycles. The Kier molecular flexibility index (Phi) is 11.0. The number of aliphatic hydroxyl groups is 1. The Morgan fingerprint density at radius 3 is 1.80 bits per heavy atom. The monoisotopic (exact) mass is 433 g/mol. The molecule has 0 rings (SSSR count). The second-order valence-corrected chi connectivity index (χ2v) is 6.58. The summed E-state index contributed by atoms with van der Waals surface area (Å²) in [6.45, 7) is 2.51. The van der Waals surface area contributed by atoms with Crippen molar-refractivity contribution in [2.24, 2.45) is 11.5 Å². The molecule has 0 saturated carbocycles. The van der Waals surface area contributed by atoms with Gasteiger partial charge < -0.3 is 42.7 Å². The summed E-state index contributed by atoms with van der Waals surface area (Å²) in [5.74, 6) is -6.78. The van der Waals surface area contributed by atoms with Crippen molar-refractivity contribution in [3.63, 3.8) is 0 Å². The lowest BCUT2D eigenvalue weighted by Gasteiger charge is -2.25. The average molecular weight is 433 g/mol. The third kappa shape index (κ3) is 9.79. The number of amides is 4. The van der Waals surface area contributed by atoms with E-state index in [1.54, 1.807) is 0 Å². The molecule has 0 aromatic heterocycles. The highest BCUT2D eigenvalue weighted by atomic mass is 16.4. The van der Waals surface area contributed by atoms with Crippen molar-refractivity contribution in [3.8, 4) is 0 Å². The topological polar surface area (TPSA) is 251 Å². The van der Waals surface area contributed by atoms with E-state index >= 15 is 0 Å². The number of carboxylic acids is 2. The number of primary amides is 1. The first-order chi connectivity index (χ1) is 13.8. The molecule has 0 bridgehead atoms. The van der Waals surface area contributed by atoms with Gasteiger partial charge >= 0.3 is 11.9 Å². The summed E-state index contributed by atoms with van der Waals surface area (Å²) in [5.41, 5.74) is 10.4. The molecule has 170 valence electrons. The lowest BCUT2D eigenvalue weighted by molar-refractivity contribution is -0.143. The molecule has 14 nitrogen and oxygen atoms in total. The summed E-state index contributed by atoms with van der Waals surface area (Å²) >= 11 is 0. The Hall–Kier alpha value is -3.26. The zero-order valence-electron chi connectivity index (χ0n) is 16.5. The molecule has 0 fully saturated rings. The number of carbonyl (C=O) groups is 6. The number of aliphatic hydroxyl groups excluding tert-OH is 1. The van der Waals surface area contributed by atoms with Crippen LogP contribution in [0.5, 0.6) is 0 Å². The molecule has 0 aromatic carbocycles. The van der Waals surface area contributed by atoms with Gasteiger partial charge in [-0.25, -0.2) is 4.79 Å². The maximum Gasteiger partial charge on any atom is 0.326 e. The third-order valence-electron chi connectivity index (χ3n) is 3.78. The summed E-state index contributed by atoms with van der Waals surface area (Å²) in [6, 6.07) is -5.79. The first kappa shape index (κ1) is 26.7. The average Bonchev–Trinajstić information content (AvgIpc) is 2.60. The van der Waals surface area contributed by atoms with Gasteiger partial charge in [-0.15, -0.1) is 0 Å². The van der Waals surface area contributed by atoms with Gasteiger partial charge in [-0.05, 0) is 20.3 Å². The van der Waals surface area contributed by atoms with E-state index in [1.807, 2.05) is 5.32 Å². The van der Waals surface area contributed by atoms with E-state index in [0.717, 1.165) is 0 Å². The van der Waals surface area contributed by atoms with Gasteiger partial charge in [0.05, 0.1) is 18.6 Å². The standard InChI is InChI=1S/C16H27N5O9/c1-6(17)13(26)21-12(7(2)22)15(28)20-9(5-10(18)23)14(27)19-8(16(29)30)3-4-11(24)25/h6-9,12,22H,3-5,17H2,1-2H3,(H2,18,23)(H,19,27)(H,20,28)(H,21,26)(H,24,25)(H,29,30). The Labute approximate surface area is 171 Å². The second kappa shape index (κ2) is 12.3. The molecule has 0 aromatic rings. The van der Waals surface area contributed by atoms with Crippen LogP contribution in [0.1, 0.15) is 33.1 Å². The Bertz CT molecular complexity index is 680. The van der Waals surface area contributed by atoms with Crippen molar-refractivity contribution < 1.29 is 44.1 Å². The van der Waals surface area contributed by atoms with Crippen molar-refractivity contribution in [2.75, 3.05) is 0 Å². The van der Waals surface area contributed by atoms with E-state index in [1.165, 1.54) is 13.8 Å². The highest BCUT2D eigenvalue weighted by Gasteiger charge is 2.32. The zero-order valence-corrected chi connectivity index (χ0v) is 16.5. The van der Waals surface area contributed by atoms with Crippen LogP contribution in [0.3, 0.4) is 0 Å². The van der Waals surface area contributed by atoms with E-state index < -0.39 is 85.1 Å². The van der Waals surface area contributed by atoms with Crippen LogP contribution in [0.15, 0.2) is 0 Å². The van der Waals surface area contributed by atoms with Gasteiger partial charge in [-0.3, -0.25) is 24.0 Å². The van der Waals surface area contributed by atoms with Crippen LogP contribution < -0.4 is 27.4 Å². The van der Waals surface area contributed by atoms with Crippen molar-refractivity contribution in [1.29, 1.82) is 0 Å². The Morgan fingerprint density at radius 2 is 1.40 bits per heavy atom. The second-order valence-electron chi connectivity index (χ2n) is 6.58. The molecular formula is C16H27N5O9. The third-order valence-corrected chi connectivity index (χ3v) is 3.78. The predicted molar refractivity (Wildman–Crippen MR) is 99.4 cm³/mol. The number of carboxylic acid groups (broad SMARTS) is 2. The molecule has 4 amide bonds. The molecule has 30 heavy (non-hydrogen) atoms. The van der Waals surface area contributed by atoms with E-state index in [9.17, 15) is 33.9 Å². The van der Waals surface area contributed by atoms with Gasteiger partial charge in [0.1, 0.15) is 18.1 Å². The van der Waals surface area contributed by atoms with Crippen molar-refractivity contribution in [3.05, 3.63) is 0 Å². The number of rotatable bonds is 13. The van der Waals surface area contributed by atoms with Crippen LogP contribution in [-0.4, -0.2) is 81.2 Å². The fourth-order valence-corrected chi connectivity index (χ4v) is 2.16. The van der Waals surface area contributed by atoms with Gasteiger partial charge in [0.15, 0.2) is 0 Å². The SMILES string of the molecule is CC(N)C(=O)NC(C(=O)NC(CC(N)=O)C(=O)NC(CCC(=O)O)C(=O)O)C(C)O. The fourth-order valence-electron chi connectivity index (χ4n) is 2.16. The molecule has 5 atom stereocenters. The van der Waals surface area contributed by atoms with Crippen LogP contribution in [0.4, 0.5) is 0 Å². The summed E-state index contributed by atoms with van der Waals surface area (Å²) < 4.78 is 0. The molecule has 0 aliphatic heterocycles. The van der Waals surface area contributed by atoms with Gasteiger partial charge in [0.2, 0.25) is 23.6 Å². The van der Waals surface area contributed by atoms with Gasteiger partial charge in [-0.1, -0.05) is 0 Å². The first-order valence-corrected chi connectivity index (χ1v) is 8.83. The molecule has 0 radical (unpaired) electrons. The van der Waals surface area contributed by atoms with Gasteiger partial charge in [0, 0.05) is 6.42 Å². The Morgan fingerprint density at radius 1 is 0.867 bits per heavy atom. The zero-order chi connectivity index (χ0) is 23.6. The minimum absolute atomic E-state index is 0.450. The van der Waals surface area contributed by atoms with E-state index in [0.29, 0.717) is 0 Å². The number of nitrogens with one attached hydrogen (secondary N) is 3. The van der Waals surface area contributed by atoms with Crippen LogP contribution in [0.25, 0.3) is 0 Å². The summed E-state index contributed by atoms with van der Waals surface area (Å²) in [5, 5.41) is 33.8. The lowest BCUT2D eigenvalue weighted by atomic mass is 10.1. The molecule has 0 aliphatic carbocycles. The van der Waals surface area contributed by atoms with Crippen LogP contribution in [0.2, 0.25) is 0 Å². The molecule has 0 aliphatic rings. The van der Waals surface area contributed by atoms with Gasteiger partial charge in [-0.2, -0.15) is 0 Å². The number of hydrogen-bond acceptors (Lipinski definition) is 8. The van der Waals surface area contributed by atoms with E-state index in [4.69, 9.17) is 21.7 Å². The number of carbonyl (C=O) groups excluding carboxylic acids is 4. The first-order valence-electron chi connectivity index (χ1n) is 8.83. The molecular weight excluding hydrogens is 406 g/mol. The number of aliphatic carboxylic acids is 2. The molecule has 14 heteroatoms. The van der Waals surface area contributed by atoms with Crippen LogP contribution in [-0.2, 0) is 28.8 Å². The van der Waals surface area contributed by atoms with Crippen LogP contribution >= 0.6 is 0 Å². The number of nitrogens with two attached hydrogens (primary N) is 2.